The van der Waals surface area contributed by atoms with Gasteiger partial charge in [-0.3, -0.25) is 10.2 Å². The molecule has 0 saturated carbocycles. The Morgan fingerprint density at radius 3 is 2.55 bits per heavy atom. The number of carbonyl (C=O) groups excluding carboxylic acids is 1. The van der Waals surface area contributed by atoms with Crippen LogP contribution in [0.1, 0.15) is 21.5 Å². The van der Waals surface area contributed by atoms with E-state index in [0.717, 1.165) is 6.20 Å². The van der Waals surface area contributed by atoms with Crippen LogP contribution < -0.4 is 15.8 Å². The molecule has 0 spiro atoms. The molecule has 0 aliphatic heterocycles. The number of nitrogens with one attached hydrogen (secondary N) is 2. The molecule has 10 heteroatoms. The lowest BCUT2D eigenvalue weighted by molar-refractivity contribution is 0.101. The first-order valence-corrected chi connectivity index (χ1v) is 8.85. The van der Waals surface area contributed by atoms with Gasteiger partial charge in [-0.1, -0.05) is 30.3 Å². The lowest BCUT2D eigenvalue weighted by Crippen LogP contribution is -2.18. The Morgan fingerprint density at radius 2 is 1.87 bits per heavy atom. The third-order valence-corrected chi connectivity index (χ3v) is 4.21. The monoisotopic (exact) mass is 430 g/mol. The van der Waals surface area contributed by atoms with E-state index in [1.165, 1.54) is 13.2 Å². The lowest BCUT2D eigenvalue weighted by atomic mass is 10.1. The molecule has 0 aliphatic rings. The summed E-state index contributed by atoms with van der Waals surface area (Å²) in [4.78, 5) is 16.3. The number of hydrogen-bond donors (Lipinski definition) is 3. The zero-order chi connectivity index (χ0) is 22.5. The topological polar surface area (TPSA) is 110 Å². The Kier molecular flexibility index (Phi) is 6.39. The molecule has 0 unspecified atom stereocenters. The number of nitrogens with two attached hydrogens (primary N) is 1. The lowest BCUT2D eigenvalue weighted by Gasteiger charge is -2.13. The zero-order valence-corrected chi connectivity index (χ0v) is 16.2. The molecule has 2 aromatic carbocycles. The second-order valence-corrected chi connectivity index (χ2v) is 6.28. The number of rotatable bonds is 6. The molecule has 1 amide bonds. The van der Waals surface area contributed by atoms with Crippen LogP contribution in [0, 0.1) is 22.9 Å². The average molecular weight is 430 g/mol. The molecule has 0 radical (unpaired) electrons. The number of carbonyl (C=O) groups is 1. The van der Waals surface area contributed by atoms with Crippen molar-refractivity contribution in [2.24, 2.45) is 0 Å². The summed E-state index contributed by atoms with van der Waals surface area (Å²) in [6.45, 7) is -0.189. The van der Waals surface area contributed by atoms with Crippen molar-refractivity contribution in [1.82, 2.24) is 4.98 Å². The first-order valence-electron chi connectivity index (χ1n) is 8.85. The summed E-state index contributed by atoms with van der Waals surface area (Å²) >= 11 is 0. The molecule has 1 heterocycles. The summed E-state index contributed by atoms with van der Waals surface area (Å²) in [5, 5.41) is 9.91. The number of amides is 1. The van der Waals surface area contributed by atoms with Gasteiger partial charge in [0.25, 0.3) is 5.91 Å². The van der Waals surface area contributed by atoms with Gasteiger partial charge in [0.2, 0.25) is 5.90 Å². The van der Waals surface area contributed by atoms with Crippen molar-refractivity contribution >= 4 is 23.3 Å². The minimum atomic E-state index is -1.49. The van der Waals surface area contributed by atoms with Crippen molar-refractivity contribution in [2.45, 2.75) is 6.61 Å². The summed E-state index contributed by atoms with van der Waals surface area (Å²) in [6.07, 6.45) is 1.13. The molecule has 7 nitrogen and oxygen atoms in total. The quantitative estimate of drug-likeness (QED) is 0.406. The maximum atomic E-state index is 14.8. The molecule has 3 aromatic rings. The highest BCUT2D eigenvalue weighted by molar-refractivity contribution is 6.06. The van der Waals surface area contributed by atoms with Gasteiger partial charge in [-0.25, -0.2) is 18.2 Å². The summed E-state index contributed by atoms with van der Waals surface area (Å²) in [7, 11) is 1.24. The number of hydrogen-bond acceptors (Lipinski definition) is 6. The number of benzene rings is 2. The van der Waals surface area contributed by atoms with Gasteiger partial charge < -0.3 is 20.5 Å². The fourth-order valence-electron chi connectivity index (χ4n) is 2.67. The second kappa shape index (κ2) is 9.16. The number of ether oxygens (including phenoxy) is 2. The van der Waals surface area contributed by atoms with Gasteiger partial charge in [-0.2, -0.15) is 0 Å². The molecule has 3 rings (SSSR count). The number of anilines is 2. The fraction of sp³-hybridized carbons (Fsp3) is 0.0952. The highest BCUT2D eigenvalue weighted by Crippen LogP contribution is 2.29. The smallest absolute Gasteiger partial charge is 0.261 e. The number of halogens is 3. The van der Waals surface area contributed by atoms with E-state index in [1.54, 1.807) is 30.3 Å². The van der Waals surface area contributed by atoms with Crippen molar-refractivity contribution in [3.05, 3.63) is 82.8 Å². The van der Waals surface area contributed by atoms with Crippen molar-refractivity contribution in [3.8, 4) is 5.75 Å². The minimum Gasteiger partial charge on any atom is -0.483 e. The zero-order valence-electron chi connectivity index (χ0n) is 16.2. The van der Waals surface area contributed by atoms with Gasteiger partial charge in [0.15, 0.2) is 17.4 Å². The van der Waals surface area contributed by atoms with E-state index < -0.39 is 34.7 Å². The van der Waals surface area contributed by atoms with E-state index >= 15 is 0 Å². The van der Waals surface area contributed by atoms with Crippen molar-refractivity contribution in [3.63, 3.8) is 0 Å². The third-order valence-electron chi connectivity index (χ3n) is 4.21. The van der Waals surface area contributed by atoms with E-state index in [0.29, 0.717) is 11.6 Å². The maximum Gasteiger partial charge on any atom is 0.261 e. The SMILES string of the molecule is COC(=N)c1cc(NC(=O)c2c(F)cc(F)c(OCc3ccccc3)c2F)cnc1N. The summed E-state index contributed by atoms with van der Waals surface area (Å²) in [5.41, 5.74) is 5.29. The average Bonchev–Trinajstić information content (AvgIpc) is 2.74. The number of pyridine rings is 1. The molecule has 4 N–H and O–H groups in total. The van der Waals surface area contributed by atoms with Crippen LogP contribution in [-0.2, 0) is 11.3 Å². The molecule has 1 aromatic heterocycles. The Bertz CT molecular complexity index is 1140. The molecule has 0 saturated heterocycles. The predicted octanol–water partition coefficient (Wildman–Crippen LogP) is 3.88. The summed E-state index contributed by atoms with van der Waals surface area (Å²) in [5.74, 6) is -6.63. The minimum absolute atomic E-state index is 0.00845. The first-order chi connectivity index (χ1) is 14.8. The molecular formula is C21H17F3N4O3. The van der Waals surface area contributed by atoms with Crippen LogP contribution >= 0.6 is 0 Å². The Balaban J connectivity index is 1.88. The van der Waals surface area contributed by atoms with Gasteiger partial charge in [0, 0.05) is 6.07 Å². The van der Waals surface area contributed by atoms with Gasteiger partial charge in [0.05, 0.1) is 24.6 Å². The highest BCUT2D eigenvalue weighted by Gasteiger charge is 2.26. The highest BCUT2D eigenvalue weighted by atomic mass is 19.1. The van der Waals surface area contributed by atoms with E-state index in [9.17, 15) is 18.0 Å². The van der Waals surface area contributed by atoms with Crippen LogP contribution in [0.2, 0.25) is 0 Å². The Hall–Kier alpha value is -4.08. The van der Waals surface area contributed by atoms with Crippen LogP contribution in [0.15, 0.2) is 48.7 Å². The van der Waals surface area contributed by atoms with Crippen LogP contribution in [-0.4, -0.2) is 23.9 Å². The van der Waals surface area contributed by atoms with Crippen LogP contribution in [0.3, 0.4) is 0 Å². The standard InChI is InChI=1S/C21H17F3N4O3/c1-30-20(26)13-7-12(9-27-19(13)25)28-21(29)16-14(22)8-15(23)18(17(16)24)31-10-11-5-3-2-4-6-11/h2-9,26H,10H2,1H3,(H2,25,27)(H,28,29). The molecule has 31 heavy (non-hydrogen) atoms. The van der Waals surface area contributed by atoms with Gasteiger partial charge >= 0.3 is 0 Å². The van der Waals surface area contributed by atoms with E-state index in [1.807, 2.05) is 0 Å². The molecule has 0 aliphatic carbocycles. The van der Waals surface area contributed by atoms with Gasteiger partial charge in [-0.05, 0) is 11.6 Å². The van der Waals surface area contributed by atoms with Crippen LogP contribution in [0.25, 0.3) is 0 Å². The van der Waals surface area contributed by atoms with Crippen molar-refractivity contribution < 1.29 is 27.4 Å². The number of aromatic nitrogens is 1. The normalized spacial score (nSPS) is 10.5. The number of nitrogen functional groups attached to an aromatic ring is 1. The Labute approximate surface area is 175 Å². The fourth-order valence-corrected chi connectivity index (χ4v) is 2.67. The molecule has 160 valence electrons. The molecular weight excluding hydrogens is 413 g/mol. The van der Waals surface area contributed by atoms with E-state index in [-0.39, 0.29) is 29.6 Å². The van der Waals surface area contributed by atoms with E-state index in [4.69, 9.17) is 20.6 Å². The van der Waals surface area contributed by atoms with Crippen molar-refractivity contribution in [2.75, 3.05) is 18.2 Å². The molecule has 0 atom stereocenters. The van der Waals surface area contributed by atoms with Gasteiger partial charge in [-0.15, -0.1) is 0 Å². The molecule has 0 fully saturated rings. The third kappa shape index (κ3) is 4.74. The largest absolute Gasteiger partial charge is 0.483 e. The van der Waals surface area contributed by atoms with Crippen molar-refractivity contribution in [1.29, 1.82) is 5.41 Å². The molecule has 0 bridgehead atoms. The van der Waals surface area contributed by atoms with E-state index in [2.05, 4.69) is 10.3 Å². The summed E-state index contributed by atoms with van der Waals surface area (Å²) in [6, 6.07) is 10.2. The van der Waals surface area contributed by atoms with Crippen LogP contribution in [0.5, 0.6) is 5.75 Å². The van der Waals surface area contributed by atoms with Crippen LogP contribution in [0.4, 0.5) is 24.7 Å². The number of nitrogens with zero attached hydrogens (tertiary/aromatic N) is 1. The summed E-state index contributed by atoms with van der Waals surface area (Å²) < 4.78 is 53.1. The number of methoxy groups -OCH3 is 1. The first kappa shape index (κ1) is 21.6. The Morgan fingerprint density at radius 1 is 1.16 bits per heavy atom. The van der Waals surface area contributed by atoms with Gasteiger partial charge in [0.1, 0.15) is 23.8 Å². The maximum absolute atomic E-state index is 14.8. The predicted molar refractivity (Wildman–Crippen MR) is 108 cm³/mol. The second-order valence-electron chi connectivity index (χ2n) is 6.28.